The van der Waals surface area contributed by atoms with Crippen LogP contribution in [0.3, 0.4) is 0 Å². The molecule has 2 aromatic carbocycles. The van der Waals surface area contributed by atoms with Gasteiger partial charge in [0.1, 0.15) is 5.76 Å². The number of aromatic nitrogens is 1. The molecule has 1 amide bonds. The van der Waals surface area contributed by atoms with Crippen molar-refractivity contribution in [1.29, 1.82) is 0 Å². The van der Waals surface area contributed by atoms with E-state index in [9.17, 15) is 23.1 Å². The zero-order chi connectivity index (χ0) is 23.0. The molecule has 1 atom stereocenters. The summed E-state index contributed by atoms with van der Waals surface area (Å²) < 4.78 is 23.2. The molecule has 1 aliphatic rings. The van der Waals surface area contributed by atoms with Crippen LogP contribution in [0, 0.1) is 0 Å². The molecule has 2 heterocycles. The Hall–Kier alpha value is -3.53. The minimum Gasteiger partial charge on any atom is -0.507 e. The van der Waals surface area contributed by atoms with Crippen molar-refractivity contribution in [3.05, 3.63) is 94.8 Å². The van der Waals surface area contributed by atoms with Crippen molar-refractivity contribution < 1.29 is 23.1 Å². The zero-order valence-electron chi connectivity index (χ0n) is 16.3. The number of halogens is 1. The average molecular weight is 470 g/mol. The number of primary sulfonamides is 1. The van der Waals surface area contributed by atoms with Gasteiger partial charge in [-0.25, -0.2) is 13.6 Å². The number of nitrogens with two attached hydrogens (primary N) is 1. The van der Waals surface area contributed by atoms with Crippen molar-refractivity contribution >= 4 is 44.8 Å². The number of anilines is 1. The van der Waals surface area contributed by atoms with Crippen LogP contribution in [-0.4, -0.2) is 30.2 Å². The van der Waals surface area contributed by atoms with Gasteiger partial charge in [-0.3, -0.25) is 19.5 Å². The lowest BCUT2D eigenvalue weighted by molar-refractivity contribution is -0.132. The van der Waals surface area contributed by atoms with E-state index in [1.165, 1.54) is 47.6 Å². The molecule has 0 aliphatic carbocycles. The van der Waals surface area contributed by atoms with Crippen molar-refractivity contribution in [3.8, 4) is 0 Å². The molecular weight excluding hydrogens is 454 g/mol. The summed E-state index contributed by atoms with van der Waals surface area (Å²) in [6, 6.07) is 13.8. The third-order valence-corrected chi connectivity index (χ3v) is 6.15. The van der Waals surface area contributed by atoms with Crippen LogP contribution in [0.1, 0.15) is 17.2 Å². The maximum absolute atomic E-state index is 13.0. The number of carbonyl (C=O) groups excluding carboxylic acids is 2. The number of hydrogen-bond donors (Lipinski definition) is 2. The van der Waals surface area contributed by atoms with Crippen molar-refractivity contribution in [2.45, 2.75) is 10.9 Å². The molecule has 1 aliphatic heterocycles. The summed E-state index contributed by atoms with van der Waals surface area (Å²) in [6.07, 6.45) is 3.01. The fourth-order valence-corrected chi connectivity index (χ4v) is 4.25. The first-order valence-electron chi connectivity index (χ1n) is 9.28. The van der Waals surface area contributed by atoms with E-state index in [0.29, 0.717) is 10.6 Å². The summed E-state index contributed by atoms with van der Waals surface area (Å²) in [6.45, 7) is 0. The minimum absolute atomic E-state index is 0.138. The molecule has 1 aromatic heterocycles. The molecular formula is C22H16ClN3O5S. The number of hydrogen-bond acceptors (Lipinski definition) is 6. The Morgan fingerprint density at radius 3 is 2.38 bits per heavy atom. The van der Waals surface area contributed by atoms with Gasteiger partial charge in [-0.05, 0) is 48.0 Å². The smallest absolute Gasteiger partial charge is 0.300 e. The number of nitrogens with zero attached hydrogens (tertiary/aromatic N) is 2. The van der Waals surface area contributed by atoms with Crippen LogP contribution in [0.25, 0.3) is 5.76 Å². The normalized spacial score (nSPS) is 18.2. The van der Waals surface area contributed by atoms with Crippen LogP contribution in [0.15, 0.2) is 83.5 Å². The SMILES string of the molecule is NS(=O)(=O)c1ccc(N2C(=O)C(=O)/C(=C(/O)c3cccc(Cl)c3)C2c2cccnc2)cc1. The number of amides is 1. The quantitative estimate of drug-likeness (QED) is 0.343. The van der Waals surface area contributed by atoms with Gasteiger partial charge in [0.2, 0.25) is 10.0 Å². The monoisotopic (exact) mass is 469 g/mol. The van der Waals surface area contributed by atoms with Gasteiger partial charge in [0.25, 0.3) is 11.7 Å². The molecule has 1 unspecified atom stereocenters. The Kier molecular flexibility index (Phi) is 5.55. The highest BCUT2D eigenvalue weighted by molar-refractivity contribution is 7.89. The third-order valence-electron chi connectivity index (χ3n) is 4.99. The van der Waals surface area contributed by atoms with Crippen LogP contribution in [0.2, 0.25) is 5.02 Å². The molecule has 162 valence electrons. The number of sulfonamides is 1. The second-order valence-electron chi connectivity index (χ2n) is 7.00. The molecule has 3 N–H and O–H groups in total. The number of pyridine rings is 1. The van der Waals surface area contributed by atoms with Gasteiger partial charge in [-0.2, -0.15) is 0 Å². The van der Waals surface area contributed by atoms with E-state index in [1.54, 1.807) is 30.3 Å². The molecule has 1 saturated heterocycles. The molecule has 3 aromatic rings. The number of aliphatic hydroxyl groups is 1. The highest BCUT2D eigenvalue weighted by Crippen LogP contribution is 2.42. The largest absolute Gasteiger partial charge is 0.507 e. The maximum atomic E-state index is 13.0. The lowest BCUT2D eigenvalue weighted by Crippen LogP contribution is -2.29. The Bertz CT molecular complexity index is 1360. The number of aliphatic hydroxyl groups excluding tert-OH is 1. The first-order valence-corrected chi connectivity index (χ1v) is 11.2. The lowest BCUT2D eigenvalue weighted by atomic mass is 9.96. The summed E-state index contributed by atoms with van der Waals surface area (Å²) in [7, 11) is -3.94. The Labute approximate surface area is 188 Å². The van der Waals surface area contributed by atoms with Crippen molar-refractivity contribution in [3.63, 3.8) is 0 Å². The molecule has 0 bridgehead atoms. The molecule has 4 rings (SSSR count). The highest BCUT2D eigenvalue weighted by Gasteiger charge is 2.47. The zero-order valence-corrected chi connectivity index (χ0v) is 17.9. The van der Waals surface area contributed by atoms with Crippen molar-refractivity contribution in [2.75, 3.05) is 4.90 Å². The maximum Gasteiger partial charge on any atom is 0.300 e. The number of benzene rings is 2. The number of Topliss-reactive ketones (excluding diaryl/α,β-unsaturated/α-hetero) is 1. The van der Waals surface area contributed by atoms with Gasteiger partial charge in [0, 0.05) is 28.7 Å². The minimum atomic E-state index is -3.94. The summed E-state index contributed by atoms with van der Waals surface area (Å²) in [5.41, 5.74) is 0.860. The fourth-order valence-electron chi connectivity index (χ4n) is 3.54. The standard InChI is InChI=1S/C22H16ClN3O5S/c23-15-5-1-3-13(11-15)20(27)18-19(14-4-2-10-25-12-14)26(22(29)21(18)28)16-6-8-17(9-7-16)32(24,30)31/h1-12,19,27H,(H2,24,30,31)/b20-18+. The van der Waals surface area contributed by atoms with Crippen LogP contribution in [-0.2, 0) is 19.6 Å². The van der Waals surface area contributed by atoms with Gasteiger partial charge in [0.15, 0.2) is 0 Å². The van der Waals surface area contributed by atoms with Crippen LogP contribution in [0.4, 0.5) is 5.69 Å². The Morgan fingerprint density at radius 2 is 1.78 bits per heavy atom. The average Bonchev–Trinajstić information content (AvgIpc) is 3.04. The molecule has 1 fully saturated rings. The predicted octanol–water partition coefficient (Wildman–Crippen LogP) is 3.01. The second-order valence-corrected chi connectivity index (χ2v) is 9.00. The molecule has 10 heteroatoms. The van der Waals surface area contributed by atoms with Crippen molar-refractivity contribution in [1.82, 2.24) is 4.98 Å². The van der Waals surface area contributed by atoms with E-state index in [2.05, 4.69) is 4.98 Å². The lowest BCUT2D eigenvalue weighted by Gasteiger charge is -2.25. The van der Waals surface area contributed by atoms with E-state index < -0.39 is 27.8 Å². The number of carbonyl (C=O) groups is 2. The third kappa shape index (κ3) is 3.89. The molecule has 0 saturated carbocycles. The van der Waals surface area contributed by atoms with E-state index >= 15 is 0 Å². The van der Waals surface area contributed by atoms with Gasteiger partial charge in [0.05, 0.1) is 16.5 Å². The van der Waals surface area contributed by atoms with Gasteiger partial charge in [-0.15, -0.1) is 0 Å². The van der Waals surface area contributed by atoms with Crippen molar-refractivity contribution in [2.24, 2.45) is 5.14 Å². The molecule has 8 nitrogen and oxygen atoms in total. The highest BCUT2D eigenvalue weighted by atomic mass is 35.5. The Morgan fingerprint density at radius 1 is 1.06 bits per heavy atom. The molecule has 0 spiro atoms. The van der Waals surface area contributed by atoms with E-state index in [4.69, 9.17) is 16.7 Å². The predicted molar refractivity (Wildman–Crippen MR) is 118 cm³/mol. The Balaban J connectivity index is 1.92. The van der Waals surface area contributed by atoms with Gasteiger partial charge >= 0.3 is 0 Å². The topological polar surface area (TPSA) is 131 Å². The summed E-state index contributed by atoms with van der Waals surface area (Å²) in [5.74, 6) is -2.17. The van der Waals surface area contributed by atoms with E-state index in [0.717, 1.165) is 0 Å². The summed E-state index contributed by atoms with van der Waals surface area (Å²) in [4.78, 5) is 31.1. The first-order chi connectivity index (χ1) is 15.2. The van der Waals surface area contributed by atoms with Crippen LogP contribution in [0.5, 0.6) is 0 Å². The van der Waals surface area contributed by atoms with Crippen LogP contribution < -0.4 is 10.0 Å². The van der Waals surface area contributed by atoms with E-state index in [-0.39, 0.29) is 27.5 Å². The molecule has 32 heavy (non-hydrogen) atoms. The van der Waals surface area contributed by atoms with Crippen LogP contribution >= 0.6 is 11.6 Å². The fraction of sp³-hybridized carbons (Fsp3) is 0.0455. The number of ketones is 1. The molecule has 0 radical (unpaired) electrons. The van der Waals surface area contributed by atoms with E-state index in [1.807, 2.05) is 0 Å². The van der Waals surface area contributed by atoms with Gasteiger partial charge < -0.3 is 5.11 Å². The first kappa shape index (κ1) is 21.7. The second kappa shape index (κ2) is 8.19. The summed E-state index contributed by atoms with van der Waals surface area (Å²) in [5, 5.41) is 16.5. The summed E-state index contributed by atoms with van der Waals surface area (Å²) >= 11 is 6.02. The van der Waals surface area contributed by atoms with Gasteiger partial charge in [-0.1, -0.05) is 29.8 Å². The number of rotatable bonds is 4.